The molecular weight excluding hydrogens is 96.1 g/mol. The molecule has 1 aromatic rings. The van der Waals surface area contributed by atoms with Gasteiger partial charge in [0.15, 0.2) is 0 Å². The Morgan fingerprint density at radius 3 is 1.75 bits per heavy atom. The van der Waals surface area contributed by atoms with E-state index in [1.165, 1.54) is 5.56 Å². The Hall–Kier alpha value is -0.780. The first kappa shape index (κ1) is 7.22. The summed E-state index contributed by atoms with van der Waals surface area (Å²) in [5.41, 5.74) is 1.32. The van der Waals surface area contributed by atoms with Crippen LogP contribution in [0, 0.1) is 6.92 Å². The zero-order valence-corrected chi connectivity index (χ0v) is 4.39. The van der Waals surface area contributed by atoms with Gasteiger partial charge in [0.1, 0.15) is 0 Å². The quantitative estimate of drug-likeness (QED) is 0.479. The van der Waals surface area contributed by atoms with E-state index < -0.39 is 0 Å². The molecule has 0 spiro atoms. The van der Waals surface area contributed by atoms with E-state index in [-0.39, 0.29) is 7.43 Å². The molecule has 0 fully saturated rings. The standard InChI is InChI=1S/C7H8.CH4/c1-7-5-3-2-4-6-7;/h2-6H,1H3;1H4. The normalized spacial score (nSPS) is 7.62. The van der Waals surface area contributed by atoms with Crippen molar-refractivity contribution in [1.29, 1.82) is 0 Å². The van der Waals surface area contributed by atoms with E-state index in [9.17, 15) is 0 Å². The van der Waals surface area contributed by atoms with Gasteiger partial charge in [-0.25, -0.2) is 0 Å². The van der Waals surface area contributed by atoms with Crippen molar-refractivity contribution < 1.29 is 0 Å². The molecule has 0 amide bonds. The largest absolute Gasteiger partial charge is 0.0776 e. The molecule has 44 valence electrons. The SMILES string of the molecule is C.Cc1ccccc1. The molecule has 0 heteroatoms. The minimum atomic E-state index is 0. The zero-order chi connectivity index (χ0) is 5.11. The number of hydrogen-bond acceptors (Lipinski definition) is 0. The van der Waals surface area contributed by atoms with Crippen molar-refractivity contribution in [3.05, 3.63) is 35.9 Å². The lowest BCUT2D eigenvalue weighted by molar-refractivity contribution is 1.48. The average molecular weight is 108 g/mol. The number of benzene rings is 1. The van der Waals surface area contributed by atoms with E-state index in [0.717, 1.165) is 0 Å². The molecular formula is C8H12. The third-order valence-corrected chi connectivity index (χ3v) is 0.940. The molecule has 0 heterocycles. The zero-order valence-electron chi connectivity index (χ0n) is 4.39. The molecule has 0 bridgehead atoms. The summed E-state index contributed by atoms with van der Waals surface area (Å²) in [6.45, 7) is 2.08. The van der Waals surface area contributed by atoms with E-state index in [1.54, 1.807) is 0 Å². The first-order valence-corrected chi connectivity index (χ1v) is 2.41. The highest BCUT2D eigenvalue weighted by Gasteiger charge is 1.72. The van der Waals surface area contributed by atoms with Crippen LogP contribution in [-0.2, 0) is 0 Å². The molecule has 0 saturated carbocycles. The molecule has 0 unspecified atom stereocenters. The lowest BCUT2D eigenvalue weighted by Crippen LogP contribution is -1.62. The van der Waals surface area contributed by atoms with Crippen molar-refractivity contribution >= 4 is 0 Å². The van der Waals surface area contributed by atoms with Gasteiger partial charge >= 0.3 is 0 Å². The number of hydrogen-bond donors (Lipinski definition) is 0. The molecule has 0 N–H and O–H groups in total. The summed E-state index contributed by atoms with van der Waals surface area (Å²) in [6, 6.07) is 10.3. The van der Waals surface area contributed by atoms with Crippen molar-refractivity contribution in [2.24, 2.45) is 0 Å². The monoisotopic (exact) mass is 108 g/mol. The molecule has 0 aromatic heterocycles. The molecule has 0 aliphatic carbocycles. The van der Waals surface area contributed by atoms with E-state index in [0.29, 0.717) is 0 Å². The van der Waals surface area contributed by atoms with Crippen molar-refractivity contribution in [3.8, 4) is 0 Å². The van der Waals surface area contributed by atoms with E-state index in [2.05, 4.69) is 19.1 Å². The van der Waals surface area contributed by atoms with Crippen LogP contribution in [0.3, 0.4) is 0 Å². The van der Waals surface area contributed by atoms with Crippen LogP contribution in [0.25, 0.3) is 0 Å². The average Bonchev–Trinajstić information content (AvgIpc) is 1.69. The number of aryl methyl sites for hydroxylation is 1. The van der Waals surface area contributed by atoms with Crippen molar-refractivity contribution in [2.75, 3.05) is 0 Å². The molecule has 0 aliphatic rings. The van der Waals surface area contributed by atoms with Crippen molar-refractivity contribution in [1.82, 2.24) is 0 Å². The van der Waals surface area contributed by atoms with Gasteiger partial charge in [-0.05, 0) is 6.92 Å². The molecule has 8 heavy (non-hydrogen) atoms. The lowest BCUT2D eigenvalue weighted by atomic mass is 10.2. The van der Waals surface area contributed by atoms with Crippen LogP contribution in [0.15, 0.2) is 30.3 Å². The maximum atomic E-state index is 2.08. The van der Waals surface area contributed by atoms with Gasteiger partial charge in [0.2, 0.25) is 0 Å². The first-order valence-electron chi connectivity index (χ1n) is 2.41. The molecule has 0 saturated heterocycles. The highest BCUT2D eigenvalue weighted by Crippen LogP contribution is 1.92. The van der Waals surface area contributed by atoms with Gasteiger partial charge < -0.3 is 0 Å². The van der Waals surface area contributed by atoms with Gasteiger partial charge in [-0.2, -0.15) is 0 Å². The second kappa shape index (κ2) is 3.25. The summed E-state index contributed by atoms with van der Waals surface area (Å²) in [4.78, 5) is 0. The Morgan fingerprint density at radius 1 is 1.00 bits per heavy atom. The third-order valence-electron chi connectivity index (χ3n) is 0.940. The molecule has 1 aromatic carbocycles. The fourth-order valence-electron chi connectivity index (χ4n) is 0.534. The minimum Gasteiger partial charge on any atom is -0.0776 e. The van der Waals surface area contributed by atoms with Gasteiger partial charge in [-0.15, -0.1) is 0 Å². The van der Waals surface area contributed by atoms with Crippen LogP contribution in [0.2, 0.25) is 0 Å². The van der Waals surface area contributed by atoms with Crippen LogP contribution in [0.5, 0.6) is 0 Å². The smallest absolute Gasteiger partial charge is 0.0398 e. The Bertz CT molecular complexity index is 130. The third kappa shape index (κ3) is 1.78. The second-order valence-corrected chi connectivity index (χ2v) is 1.65. The van der Waals surface area contributed by atoms with Crippen LogP contribution in [0.4, 0.5) is 0 Å². The molecule has 0 radical (unpaired) electrons. The maximum Gasteiger partial charge on any atom is -0.0398 e. The Kier molecular flexibility index (Phi) is 2.93. The van der Waals surface area contributed by atoms with Gasteiger partial charge in [0.05, 0.1) is 0 Å². The topological polar surface area (TPSA) is 0 Å². The predicted octanol–water partition coefficient (Wildman–Crippen LogP) is 2.63. The molecule has 0 nitrogen and oxygen atoms in total. The van der Waals surface area contributed by atoms with E-state index in [1.807, 2.05) is 18.2 Å². The highest BCUT2D eigenvalue weighted by molar-refractivity contribution is 5.11. The van der Waals surface area contributed by atoms with Crippen LogP contribution in [0.1, 0.15) is 13.0 Å². The van der Waals surface area contributed by atoms with E-state index in [4.69, 9.17) is 0 Å². The minimum absolute atomic E-state index is 0. The molecule has 0 aliphatic heterocycles. The predicted molar refractivity (Wildman–Crippen MR) is 37.9 cm³/mol. The van der Waals surface area contributed by atoms with Gasteiger partial charge in [-0.1, -0.05) is 43.3 Å². The molecule has 0 atom stereocenters. The van der Waals surface area contributed by atoms with Gasteiger partial charge in [-0.3, -0.25) is 0 Å². The summed E-state index contributed by atoms with van der Waals surface area (Å²) in [6.07, 6.45) is 0. The second-order valence-electron chi connectivity index (χ2n) is 1.65. The number of rotatable bonds is 0. The summed E-state index contributed by atoms with van der Waals surface area (Å²) >= 11 is 0. The summed E-state index contributed by atoms with van der Waals surface area (Å²) in [5, 5.41) is 0. The summed E-state index contributed by atoms with van der Waals surface area (Å²) in [7, 11) is 0. The van der Waals surface area contributed by atoms with Crippen molar-refractivity contribution in [2.45, 2.75) is 14.4 Å². The highest BCUT2D eigenvalue weighted by atomic mass is 13.8. The van der Waals surface area contributed by atoms with Gasteiger partial charge in [0, 0.05) is 0 Å². The molecule has 1 rings (SSSR count). The van der Waals surface area contributed by atoms with Gasteiger partial charge in [0.25, 0.3) is 0 Å². The van der Waals surface area contributed by atoms with Crippen molar-refractivity contribution in [3.63, 3.8) is 0 Å². The maximum absolute atomic E-state index is 2.08. The van der Waals surface area contributed by atoms with Crippen LogP contribution in [-0.4, -0.2) is 0 Å². The summed E-state index contributed by atoms with van der Waals surface area (Å²) < 4.78 is 0. The Balaban J connectivity index is 0.000000490. The Labute approximate surface area is 51.2 Å². The summed E-state index contributed by atoms with van der Waals surface area (Å²) in [5.74, 6) is 0. The van der Waals surface area contributed by atoms with Crippen LogP contribution < -0.4 is 0 Å². The first-order chi connectivity index (χ1) is 3.39. The lowest BCUT2D eigenvalue weighted by Gasteiger charge is -1.82. The fourth-order valence-corrected chi connectivity index (χ4v) is 0.534. The fraction of sp³-hybridized carbons (Fsp3) is 0.250. The van der Waals surface area contributed by atoms with Crippen LogP contribution >= 0.6 is 0 Å². The Morgan fingerprint density at radius 2 is 1.50 bits per heavy atom. The van der Waals surface area contributed by atoms with E-state index >= 15 is 0 Å².